The highest BCUT2D eigenvalue weighted by atomic mass is 79.9. The molecule has 0 radical (unpaired) electrons. The fraction of sp³-hybridized carbons (Fsp3) is 0.462. The van der Waals surface area contributed by atoms with Crippen LogP contribution in [0.1, 0.15) is 26.1 Å². The number of aryl methyl sites for hydroxylation is 1. The maximum atomic E-state index is 9.57. The lowest BCUT2D eigenvalue weighted by molar-refractivity contribution is 0.173. The van der Waals surface area contributed by atoms with E-state index in [1.165, 1.54) is 0 Å². The molecule has 1 aromatic carbocycles. The van der Waals surface area contributed by atoms with Gasteiger partial charge in [0.25, 0.3) is 0 Å². The van der Waals surface area contributed by atoms with Crippen LogP contribution in [0.5, 0.6) is 0 Å². The van der Waals surface area contributed by atoms with Gasteiger partial charge in [-0.2, -0.15) is 0 Å². The van der Waals surface area contributed by atoms with Crippen molar-refractivity contribution >= 4 is 27.0 Å². The van der Waals surface area contributed by atoms with Crippen LogP contribution in [0.25, 0.3) is 11.0 Å². The van der Waals surface area contributed by atoms with Crippen molar-refractivity contribution in [2.45, 2.75) is 39.3 Å². The smallest absolute Gasteiger partial charge is 0.109 e. The summed E-state index contributed by atoms with van der Waals surface area (Å²) in [5.41, 5.74) is 2.08. The zero-order chi connectivity index (χ0) is 12.4. The highest BCUT2D eigenvalue weighted by molar-refractivity contribution is 9.10. The number of halogens is 1. The summed E-state index contributed by atoms with van der Waals surface area (Å²) in [7, 11) is 0. The summed E-state index contributed by atoms with van der Waals surface area (Å²) in [6, 6.07) is 6.08. The van der Waals surface area contributed by atoms with Crippen molar-refractivity contribution in [2.75, 3.05) is 0 Å². The fourth-order valence-corrected chi connectivity index (χ4v) is 2.38. The second-order valence-corrected chi connectivity index (χ2v) is 5.29. The Morgan fingerprint density at radius 1 is 1.47 bits per heavy atom. The number of aromatic nitrogens is 2. The molecule has 0 spiro atoms. The largest absolute Gasteiger partial charge is 0.392 e. The molecule has 0 aliphatic heterocycles. The molecule has 3 nitrogen and oxygen atoms in total. The van der Waals surface area contributed by atoms with Crippen molar-refractivity contribution in [3.8, 4) is 0 Å². The number of nitrogens with zero attached hydrogens (tertiary/aromatic N) is 2. The lowest BCUT2D eigenvalue weighted by Crippen LogP contribution is -2.14. The minimum atomic E-state index is -0.355. The second kappa shape index (κ2) is 5.19. The van der Waals surface area contributed by atoms with Gasteiger partial charge >= 0.3 is 0 Å². The molecular weight excluding hydrogens is 280 g/mol. The van der Waals surface area contributed by atoms with Gasteiger partial charge in [-0.15, -0.1) is 0 Å². The van der Waals surface area contributed by atoms with E-state index in [1.807, 2.05) is 18.2 Å². The Bertz CT molecular complexity index is 519. The first-order valence-corrected chi connectivity index (χ1v) is 6.74. The molecule has 17 heavy (non-hydrogen) atoms. The SMILES string of the molecule is CCCc1nc2cc(Br)ccc2n1CC(C)O. The van der Waals surface area contributed by atoms with Gasteiger partial charge in [-0.3, -0.25) is 0 Å². The van der Waals surface area contributed by atoms with Crippen molar-refractivity contribution in [1.82, 2.24) is 9.55 Å². The Balaban J connectivity index is 2.54. The van der Waals surface area contributed by atoms with E-state index in [-0.39, 0.29) is 6.10 Å². The Morgan fingerprint density at radius 3 is 2.88 bits per heavy atom. The molecule has 0 saturated heterocycles. The van der Waals surface area contributed by atoms with Gasteiger partial charge in [0.2, 0.25) is 0 Å². The molecular formula is C13H17BrN2O. The summed E-state index contributed by atoms with van der Waals surface area (Å²) in [6.45, 7) is 4.55. The molecule has 1 atom stereocenters. The second-order valence-electron chi connectivity index (χ2n) is 4.37. The monoisotopic (exact) mass is 296 g/mol. The van der Waals surface area contributed by atoms with E-state index >= 15 is 0 Å². The predicted octanol–water partition coefficient (Wildman–Crippen LogP) is 3.13. The number of aliphatic hydroxyl groups is 1. The average molecular weight is 297 g/mol. The third-order valence-electron chi connectivity index (χ3n) is 2.71. The van der Waals surface area contributed by atoms with Crippen LogP contribution in [-0.4, -0.2) is 20.8 Å². The molecule has 1 heterocycles. The van der Waals surface area contributed by atoms with E-state index in [1.54, 1.807) is 6.92 Å². The van der Waals surface area contributed by atoms with Gasteiger partial charge in [-0.1, -0.05) is 22.9 Å². The van der Waals surface area contributed by atoms with Gasteiger partial charge in [0, 0.05) is 10.9 Å². The molecule has 0 amide bonds. The molecule has 0 bridgehead atoms. The lowest BCUT2D eigenvalue weighted by atomic mass is 10.3. The summed E-state index contributed by atoms with van der Waals surface area (Å²) in [6.07, 6.45) is 1.65. The third-order valence-corrected chi connectivity index (χ3v) is 3.20. The Hall–Kier alpha value is -0.870. The summed E-state index contributed by atoms with van der Waals surface area (Å²) in [5.74, 6) is 1.06. The lowest BCUT2D eigenvalue weighted by Gasteiger charge is -2.10. The Morgan fingerprint density at radius 2 is 2.24 bits per heavy atom. The number of hydrogen-bond acceptors (Lipinski definition) is 2. The highest BCUT2D eigenvalue weighted by Gasteiger charge is 2.11. The van der Waals surface area contributed by atoms with E-state index in [0.717, 1.165) is 34.2 Å². The summed E-state index contributed by atoms with van der Waals surface area (Å²) < 4.78 is 3.16. The minimum Gasteiger partial charge on any atom is -0.392 e. The number of rotatable bonds is 4. The van der Waals surface area contributed by atoms with Gasteiger partial charge in [0.05, 0.1) is 23.7 Å². The van der Waals surface area contributed by atoms with Crippen LogP contribution < -0.4 is 0 Å². The number of imidazole rings is 1. The molecule has 1 N–H and O–H groups in total. The zero-order valence-corrected chi connectivity index (χ0v) is 11.7. The molecule has 1 unspecified atom stereocenters. The first-order chi connectivity index (χ1) is 8.11. The van der Waals surface area contributed by atoms with Crippen LogP contribution in [-0.2, 0) is 13.0 Å². The number of aliphatic hydroxyl groups excluding tert-OH is 1. The molecule has 1 aromatic heterocycles. The van der Waals surface area contributed by atoms with Crippen LogP contribution in [0.15, 0.2) is 22.7 Å². The number of benzene rings is 1. The first kappa shape index (κ1) is 12.6. The molecule has 0 aliphatic carbocycles. The van der Waals surface area contributed by atoms with E-state index in [9.17, 15) is 5.11 Å². The molecule has 0 fully saturated rings. The van der Waals surface area contributed by atoms with Crippen LogP contribution in [0.2, 0.25) is 0 Å². The van der Waals surface area contributed by atoms with E-state index < -0.39 is 0 Å². The van der Waals surface area contributed by atoms with Crippen LogP contribution >= 0.6 is 15.9 Å². The molecule has 0 saturated carbocycles. The van der Waals surface area contributed by atoms with E-state index in [4.69, 9.17) is 0 Å². The summed E-state index contributed by atoms with van der Waals surface area (Å²) >= 11 is 3.46. The number of fused-ring (bicyclic) bond motifs is 1. The van der Waals surface area contributed by atoms with Crippen LogP contribution in [0, 0.1) is 0 Å². The maximum absolute atomic E-state index is 9.57. The molecule has 2 aromatic rings. The van der Waals surface area contributed by atoms with Gasteiger partial charge in [-0.05, 0) is 31.5 Å². The van der Waals surface area contributed by atoms with Gasteiger partial charge in [-0.25, -0.2) is 4.98 Å². The van der Waals surface area contributed by atoms with Crippen molar-refractivity contribution in [3.63, 3.8) is 0 Å². The van der Waals surface area contributed by atoms with E-state index in [0.29, 0.717) is 6.54 Å². The molecule has 0 aliphatic rings. The third kappa shape index (κ3) is 2.69. The van der Waals surface area contributed by atoms with Crippen LogP contribution in [0.4, 0.5) is 0 Å². The minimum absolute atomic E-state index is 0.355. The summed E-state index contributed by atoms with van der Waals surface area (Å²) in [4.78, 5) is 4.64. The van der Waals surface area contributed by atoms with Crippen LogP contribution in [0.3, 0.4) is 0 Å². The highest BCUT2D eigenvalue weighted by Crippen LogP contribution is 2.22. The zero-order valence-electron chi connectivity index (χ0n) is 10.2. The van der Waals surface area contributed by atoms with Gasteiger partial charge in [0.1, 0.15) is 5.82 Å². The van der Waals surface area contributed by atoms with Gasteiger partial charge < -0.3 is 9.67 Å². The average Bonchev–Trinajstić information content (AvgIpc) is 2.56. The van der Waals surface area contributed by atoms with Gasteiger partial charge in [0.15, 0.2) is 0 Å². The Kier molecular flexibility index (Phi) is 3.84. The van der Waals surface area contributed by atoms with Crippen molar-refractivity contribution in [2.24, 2.45) is 0 Å². The van der Waals surface area contributed by atoms with E-state index in [2.05, 4.69) is 32.4 Å². The Labute approximate surface area is 110 Å². The van der Waals surface area contributed by atoms with Crippen molar-refractivity contribution < 1.29 is 5.11 Å². The topological polar surface area (TPSA) is 38.0 Å². The first-order valence-electron chi connectivity index (χ1n) is 5.94. The molecule has 92 valence electrons. The summed E-state index contributed by atoms with van der Waals surface area (Å²) in [5, 5.41) is 9.57. The molecule has 4 heteroatoms. The van der Waals surface area contributed by atoms with Crippen molar-refractivity contribution in [3.05, 3.63) is 28.5 Å². The standard InChI is InChI=1S/C13H17BrN2O/c1-3-4-13-15-11-7-10(14)5-6-12(11)16(13)8-9(2)17/h5-7,9,17H,3-4,8H2,1-2H3. The number of hydrogen-bond donors (Lipinski definition) is 1. The quantitative estimate of drug-likeness (QED) is 0.941. The normalized spacial score (nSPS) is 13.2. The van der Waals surface area contributed by atoms with Crippen molar-refractivity contribution in [1.29, 1.82) is 0 Å². The maximum Gasteiger partial charge on any atom is 0.109 e. The molecule has 2 rings (SSSR count). The fourth-order valence-electron chi connectivity index (χ4n) is 2.04. The predicted molar refractivity (Wildman–Crippen MR) is 73.1 cm³/mol.